The van der Waals surface area contributed by atoms with Gasteiger partial charge in [-0.25, -0.2) is 0 Å². The van der Waals surface area contributed by atoms with E-state index in [0.717, 1.165) is 28.1 Å². The average molecular weight is 251 g/mol. The van der Waals surface area contributed by atoms with Crippen LogP contribution < -0.4 is 10.5 Å². The maximum absolute atomic E-state index is 6.12. The van der Waals surface area contributed by atoms with Gasteiger partial charge in [0.05, 0.1) is 0 Å². The Morgan fingerprint density at radius 3 is 2.53 bits per heavy atom. The zero-order valence-electron chi connectivity index (χ0n) is 11.2. The molecule has 0 saturated carbocycles. The molecule has 1 heterocycles. The van der Waals surface area contributed by atoms with E-state index >= 15 is 0 Å². The minimum atomic E-state index is -0.285. The minimum absolute atomic E-state index is 0.285. The van der Waals surface area contributed by atoms with Crippen molar-refractivity contribution in [3.63, 3.8) is 0 Å². The van der Waals surface area contributed by atoms with E-state index in [1.165, 1.54) is 0 Å². The number of nitrogens with two attached hydrogens (primary N) is 1. The summed E-state index contributed by atoms with van der Waals surface area (Å²) in [5.74, 6) is 0.910. The first-order chi connectivity index (χ1) is 9.05. The third kappa shape index (κ3) is 2.22. The van der Waals surface area contributed by atoms with Crippen molar-refractivity contribution >= 4 is 11.8 Å². The van der Waals surface area contributed by atoms with E-state index < -0.39 is 0 Å². The Kier molecular flexibility index (Phi) is 2.59. The molecule has 0 atom stereocenters. The number of ether oxygens (including phenoxy) is 1. The molecule has 1 aliphatic rings. The Morgan fingerprint density at radius 1 is 1.05 bits per heavy atom. The topological polar surface area (TPSA) is 35.2 Å². The summed E-state index contributed by atoms with van der Waals surface area (Å²) in [7, 11) is 0. The number of benzene rings is 2. The molecule has 2 nitrogen and oxygen atoms in total. The van der Waals surface area contributed by atoms with E-state index in [4.69, 9.17) is 10.5 Å². The molecule has 2 N–H and O–H groups in total. The zero-order chi connectivity index (χ0) is 13.5. The normalized spacial score (nSPS) is 15.7. The van der Waals surface area contributed by atoms with Crippen LogP contribution in [0.2, 0.25) is 0 Å². The first-order valence-corrected chi connectivity index (χ1v) is 6.42. The van der Waals surface area contributed by atoms with E-state index in [0.29, 0.717) is 0 Å². The van der Waals surface area contributed by atoms with Crippen LogP contribution in [-0.4, -0.2) is 5.60 Å². The lowest BCUT2D eigenvalue weighted by Gasteiger charge is -2.29. The van der Waals surface area contributed by atoms with Crippen LogP contribution in [0.25, 0.3) is 17.2 Å². The van der Waals surface area contributed by atoms with Crippen LogP contribution in [0.1, 0.15) is 19.4 Å². The molecule has 0 aromatic heterocycles. The predicted molar refractivity (Wildman–Crippen MR) is 80.0 cm³/mol. The van der Waals surface area contributed by atoms with Crippen molar-refractivity contribution in [1.82, 2.24) is 0 Å². The molecule has 19 heavy (non-hydrogen) atoms. The lowest BCUT2D eigenvalue weighted by molar-refractivity contribution is 0.160. The van der Waals surface area contributed by atoms with Gasteiger partial charge in [0.1, 0.15) is 11.4 Å². The summed E-state index contributed by atoms with van der Waals surface area (Å²) in [5, 5.41) is 0. The van der Waals surface area contributed by atoms with Gasteiger partial charge in [-0.3, -0.25) is 0 Å². The predicted octanol–water partition coefficient (Wildman–Crippen LogP) is 4.12. The van der Waals surface area contributed by atoms with E-state index in [1.54, 1.807) is 0 Å². The highest BCUT2D eigenvalue weighted by molar-refractivity contribution is 5.81. The highest BCUT2D eigenvalue weighted by atomic mass is 16.5. The molecule has 0 saturated heterocycles. The lowest BCUT2D eigenvalue weighted by Crippen LogP contribution is -2.27. The van der Waals surface area contributed by atoms with E-state index in [-0.39, 0.29) is 5.60 Å². The van der Waals surface area contributed by atoms with Gasteiger partial charge in [0.15, 0.2) is 0 Å². The maximum Gasteiger partial charge on any atom is 0.135 e. The van der Waals surface area contributed by atoms with Crippen LogP contribution in [0.15, 0.2) is 48.5 Å². The average Bonchev–Trinajstić information content (AvgIpc) is 2.39. The molecule has 2 heteroatoms. The first-order valence-electron chi connectivity index (χ1n) is 6.42. The van der Waals surface area contributed by atoms with Crippen molar-refractivity contribution in [2.45, 2.75) is 19.4 Å². The van der Waals surface area contributed by atoms with Crippen LogP contribution in [0.4, 0.5) is 5.69 Å². The van der Waals surface area contributed by atoms with Crippen molar-refractivity contribution in [2.24, 2.45) is 0 Å². The number of fused-ring (bicyclic) bond motifs is 1. The minimum Gasteiger partial charge on any atom is -0.483 e. The van der Waals surface area contributed by atoms with Crippen molar-refractivity contribution in [1.29, 1.82) is 0 Å². The molecule has 0 radical (unpaired) electrons. The molecule has 0 amide bonds. The van der Waals surface area contributed by atoms with Gasteiger partial charge >= 0.3 is 0 Å². The number of nitrogen functional groups attached to an aromatic ring is 1. The van der Waals surface area contributed by atoms with Crippen LogP contribution in [0, 0.1) is 0 Å². The lowest BCUT2D eigenvalue weighted by atomic mass is 9.96. The van der Waals surface area contributed by atoms with Crippen LogP contribution in [-0.2, 0) is 0 Å². The number of hydrogen-bond acceptors (Lipinski definition) is 2. The molecular formula is C17H17NO. The van der Waals surface area contributed by atoms with Crippen LogP contribution in [0.5, 0.6) is 5.75 Å². The van der Waals surface area contributed by atoms with Gasteiger partial charge < -0.3 is 10.5 Å². The largest absolute Gasteiger partial charge is 0.483 e. The molecule has 3 rings (SSSR count). The molecular weight excluding hydrogens is 234 g/mol. The molecule has 96 valence electrons. The third-order valence-corrected chi connectivity index (χ3v) is 3.25. The monoisotopic (exact) mass is 251 g/mol. The zero-order valence-corrected chi connectivity index (χ0v) is 11.2. The molecule has 1 aliphatic heterocycles. The second kappa shape index (κ2) is 4.16. The standard InChI is InChI=1S/C17H17NO/c1-17(2)9-8-13-10-14(18)11-15(16(13)19-17)12-6-4-3-5-7-12/h3-11H,18H2,1-2H3. The highest BCUT2D eigenvalue weighted by Crippen LogP contribution is 2.40. The number of anilines is 1. The summed E-state index contributed by atoms with van der Waals surface area (Å²) in [4.78, 5) is 0. The fourth-order valence-corrected chi connectivity index (χ4v) is 2.33. The Hall–Kier alpha value is -2.22. The summed E-state index contributed by atoms with van der Waals surface area (Å²) in [6.45, 7) is 4.11. The molecule has 0 spiro atoms. The summed E-state index contributed by atoms with van der Waals surface area (Å²) in [5.41, 5.74) is 9.68. The van der Waals surface area contributed by atoms with Gasteiger partial charge in [0.2, 0.25) is 0 Å². The molecule has 0 unspecified atom stereocenters. The quantitative estimate of drug-likeness (QED) is 0.774. The first kappa shape index (κ1) is 11.8. The number of hydrogen-bond donors (Lipinski definition) is 1. The summed E-state index contributed by atoms with van der Waals surface area (Å²) >= 11 is 0. The summed E-state index contributed by atoms with van der Waals surface area (Å²) in [6, 6.07) is 14.1. The van der Waals surface area contributed by atoms with E-state index in [1.807, 2.05) is 30.3 Å². The molecule has 0 bridgehead atoms. The van der Waals surface area contributed by atoms with Crippen molar-refractivity contribution in [2.75, 3.05) is 5.73 Å². The highest BCUT2D eigenvalue weighted by Gasteiger charge is 2.24. The van der Waals surface area contributed by atoms with Gasteiger partial charge in [-0.2, -0.15) is 0 Å². The second-order valence-electron chi connectivity index (χ2n) is 5.39. The fraction of sp³-hybridized carbons (Fsp3) is 0.176. The van der Waals surface area contributed by atoms with Gasteiger partial charge in [-0.15, -0.1) is 0 Å². The van der Waals surface area contributed by atoms with Crippen molar-refractivity contribution < 1.29 is 4.74 Å². The van der Waals surface area contributed by atoms with Crippen LogP contribution >= 0.6 is 0 Å². The Morgan fingerprint density at radius 2 is 1.79 bits per heavy atom. The van der Waals surface area contributed by atoms with E-state index in [9.17, 15) is 0 Å². The van der Waals surface area contributed by atoms with E-state index in [2.05, 4.69) is 38.1 Å². The fourth-order valence-electron chi connectivity index (χ4n) is 2.33. The summed E-state index contributed by atoms with van der Waals surface area (Å²) in [6.07, 6.45) is 4.14. The molecule has 0 fully saturated rings. The maximum atomic E-state index is 6.12. The molecule has 2 aromatic carbocycles. The number of rotatable bonds is 1. The Bertz CT molecular complexity index is 642. The smallest absolute Gasteiger partial charge is 0.135 e. The SMILES string of the molecule is CC1(C)C=Cc2cc(N)cc(-c3ccccc3)c2O1. The molecule has 2 aromatic rings. The summed E-state index contributed by atoms with van der Waals surface area (Å²) < 4.78 is 6.12. The Balaban J connectivity index is 2.22. The van der Waals surface area contributed by atoms with Gasteiger partial charge in [0.25, 0.3) is 0 Å². The second-order valence-corrected chi connectivity index (χ2v) is 5.39. The van der Waals surface area contributed by atoms with Crippen LogP contribution in [0.3, 0.4) is 0 Å². The van der Waals surface area contributed by atoms with Crippen molar-refractivity contribution in [3.8, 4) is 16.9 Å². The van der Waals surface area contributed by atoms with Gasteiger partial charge in [-0.1, -0.05) is 36.4 Å². The third-order valence-electron chi connectivity index (χ3n) is 3.25. The molecule has 0 aliphatic carbocycles. The Labute approximate surface area is 113 Å². The van der Waals surface area contributed by atoms with Crippen molar-refractivity contribution in [3.05, 3.63) is 54.1 Å². The van der Waals surface area contributed by atoms with Gasteiger partial charge in [0, 0.05) is 16.8 Å². The van der Waals surface area contributed by atoms with Gasteiger partial charge in [-0.05, 0) is 37.6 Å².